The van der Waals surface area contributed by atoms with Gasteiger partial charge in [0, 0.05) is 40.5 Å². The second kappa shape index (κ2) is 9.19. The molecule has 2 atom stereocenters. The molecule has 2 heterocycles. The minimum atomic E-state index is -0.404. The zero-order chi connectivity index (χ0) is 25.4. The van der Waals surface area contributed by atoms with Crippen molar-refractivity contribution in [3.8, 4) is 11.5 Å². The summed E-state index contributed by atoms with van der Waals surface area (Å²) in [5.41, 5.74) is 2.96. The van der Waals surface area contributed by atoms with E-state index in [0.717, 1.165) is 34.7 Å². The van der Waals surface area contributed by atoms with Crippen LogP contribution in [-0.2, 0) is 0 Å². The van der Waals surface area contributed by atoms with Crippen molar-refractivity contribution in [2.24, 2.45) is 5.41 Å². The molecule has 0 spiro atoms. The Kier molecular flexibility index (Phi) is 6.04. The first kappa shape index (κ1) is 23.7. The van der Waals surface area contributed by atoms with E-state index in [2.05, 4.69) is 26.0 Å². The first-order valence-electron chi connectivity index (χ1n) is 11.9. The molecule has 6 heteroatoms. The van der Waals surface area contributed by atoms with Crippen LogP contribution in [0.4, 0.5) is 0 Å². The lowest BCUT2D eigenvalue weighted by Gasteiger charge is -2.38. The van der Waals surface area contributed by atoms with Crippen molar-refractivity contribution in [2.75, 3.05) is 14.2 Å². The van der Waals surface area contributed by atoms with Crippen molar-refractivity contribution in [1.29, 1.82) is 0 Å². The Morgan fingerprint density at radius 3 is 2.36 bits per heavy atom. The molecule has 0 bridgehead atoms. The third-order valence-corrected chi connectivity index (χ3v) is 7.17. The Balaban J connectivity index is 1.66. The van der Waals surface area contributed by atoms with Crippen LogP contribution in [0.3, 0.4) is 0 Å². The number of hydrogen-bond donors (Lipinski definition) is 0. The third kappa shape index (κ3) is 4.24. The highest BCUT2D eigenvalue weighted by Gasteiger charge is 2.36. The second-order valence-electron chi connectivity index (χ2n) is 9.57. The summed E-state index contributed by atoms with van der Waals surface area (Å²) in [6.45, 7) is 4.37. The topological polar surface area (TPSA) is 78.9 Å². The van der Waals surface area contributed by atoms with Crippen molar-refractivity contribution in [1.82, 2.24) is 0 Å². The molecule has 5 rings (SSSR count). The van der Waals surface area contributed by atoms with Crippen LogP contribution in [0.1, 0.15) is 43.7 Å². The van der Waals surface area contributed by atoms with E-state index in [-0.39, 0.29) is 11.3 Å². The lowest BCUT2D eigenvalue weighted by Crippen LogP contribution is -2.26. The van der Waals surface area contributed by atoms with Crippen molar-refractivity contribution in [3.05, 3.63) is 98.2 Å². The number of methoxy groups -OCH3 is 2. The van der Waals surface area contributed by atoms with Crippen LogP contribution in [0.2, 0.25) is 0 Å². The Morgan fingerprint density at radius 2 is 1.61 bits per heavy atom. The van der Waals surface area contributed by atoms with Crippen molar-refractivity contribution >= 4 is 28.0 Å². The zero-order valence-corrected chi connectivity index (χ0v) is 20.8. The fourth-order valence-corrected chi connectivity index (χ4v) is 5.09. The summed E-state index contributed by atoms with van der Waals surface area (Å²) in [7, 11) is 3.23. The van der Waals surface area contributed by atoms with Crippen LogP contribution in [0.5, 0.6) is 11.5 Å². The average molecular weight is 485 g/mol. The van der Waals surface area contributed by atoms with Gasteiger partial charge in [0.2, 0.25) is 0 Å². The SMILES string of the molecule is COc1cc2oc(=O)ccc2cc1[C@H]1C=C(C)CC[C@]1(C)/C=C/c1c(OC)ccc2ccc(=O)oc12. The monoisotopic (exact) mass is 484 g/mol. The summed E-state index contributed by atoms with van der Waals surface area (Å²) in [5.74, 6) is 1.30. The number of ether oxygens (including phenoxy) is 2. The van der Waals surface area contributed by atoms with Crippen molar-refractivity contribution < 1.29 is 18.3 Å². The van der Waals surface area contributed by atoms with Gasteiger partial charge < -0.3 is 18.3 Å². The summed E-state index contributed by atoms with van der Waals surface area (Å²) >= 11 is 0. The van der Waals surface area contributed by atoms with Gasteiger partial charge in [-0.2, -0.15) is 0 Å². The maximum atomic E-state index is 12.0. The summed E-state index contributed by atoms with van der Waals surface area (Å²) in [6, 6.07) is 14.0. The molecule has 2 aromatic heterocycles. The average Bonchev–Trinajstić information content (AvgIpc) is 2.88. The van der Waals surface area contributed by atoms with Gasteiger partial charge >= 0.3 is 11.3 Å². The normalized spacial score (nSPS) is 20.1. The molecular weight excluding hydrogens is 456 g/mol. The summed E-state index contributed by atoms with van der Waals surface area (Å²) in [6.07, 6.45) is 8.34. The molecule has 2 aromatic carbocycles. The Hall–Kier alpha value is -4.06. The standard InChI is InChI=1S/C30H28O6/c1-18-11-13-30(2,14-12-21-24(33-3)8-5-19-6-9-28(32)36-29(19)21)23(15-18)22-16-20-7-10-27(31)35-25(20)17-26(22)34-4/h5-10,12,14-17,23H,11,13H2,1-4H3/b14-12+/t23-,30-/m1/s1. The first-order chi connectivity index (χ1) is 17.3. The maximum Gasteiger partial charge on any atom is 0.336 e. The van der Waals surface area contributed by atoms with Gasteiger partial charge in [0.15, 0.2) is 0 Å². The zero-order valence-electron chi connectivity index (χ0n) is 20.8. The lowest BCUT2D eigenvalue weighted by molar-refractivity contribution is 0.322. The molecular formula is C30H28O6. The van der Waals surface area contributed by atoms with E-state index in [0.29, 0.717) is 22.7 Å². The second-order valence-corrected chi connectivity index (χ2v) is 9.57. The predicted molar refractivity (Wildman–Crippen MR) is 141 cm³/mol. The number of fused-ring (bicyclic) bond motifs is 2. The van der Waals surface area contributed by atoms with Gasteiger partial charge in [-0.3, -0.25) is 0 Å². The highest BCUT2D eigenvalue weighted by Crippen LogP contribution is 2.50. The molecule has 0 saturated heterocycles. The quantitative estimate of drug-likeness (QED) is 0.239. The fraction of sp³-hybridized carbons (Fsp3) is 0.267. The van der Waals surface area contributed by atoms with Crippen molar-refractivity contribution in [3.63, 3.8) is 0 Å². The van der Waals surface area contributed by atoms with Gasteiger partial charge in [-0.05, 0) is 55.5 Å². The smallest absolute Gasteiger partial charge is 0.336 e. The maximum absolute atomic E-state index is 12.0. The van der Waals surface area contributed by atoms with E-state index in [4.69, 9.17) is 18.3 Å². The lowest BCUT2D eigenvalue weighted by atomic mass is 9.66. The van der Waals surface area contributed by atoms with Gasteiger partial charge in [-0.15, -0.1) is 0 Å². The van der Waals surface area contributed by atoms with E-state index < -0.39 is 11.3 Å². The highest BCUT2D eigenvalue weighted by atomic mass is 16.5. The van der Waals surface area contributed by atoms with E-state index in [1.54, 1.807) is 32.4 Å². The van der Waals surface area contributed by atoms with Crippen LogP contribution in [0, 0.1) is 5.41 Å². The van der Waals surface area contributed by atoms with E-state index in [1.807, 2.05) is 24.3 Å². The largest absolute Gasteiger partial charge is 0.496 e. The molecule has 184 valence electrons. The highest BCUT2D eigenvalue weighted by molar-refractivity contribution is 5.88. The molecule has 1 aliphatic rings. The molecule has 6 nitrogen and oxygen atoms in total. The van der Waals surface area contributed by atoms with Crippen LogP contribution in [0.25, 0.3) is 28.0 Å². The molecule has 0 fully saturated rings. The minimum Gasteiger partial charge on any atom is -0.496 e. The van der Waals surface area contributed by atoms with Gasteiger partial charge in [-0.1, -0.05) is 30.7 Å². The molecule has 0 saturated carbocycles. The molecule has 4 aromatic rings. The van der Waals surface area contributed by atoms with Gasteiger partial charge in [0.25, 0.3) is 0 Å². The molecule has 1 aliphatic carbocycles. The number of allylic oxidation sites excluding steroid dienone is 3. The third-order valence-electron chi connectivity index (χ3n) is 7.17. The van der Waals surface area contributed by atoms with E-state index >= 15 is 0 Å². The fourth-order valence-electron chi connectivity index (χ4n) is 5.09. The van der Waals surface area contributed by atoms with Crippen LogP contribution < -0.4 is 20.7 Å². The first-order valence-corrected chi connectivity index (χ1v) is 11.9. The Bertz CT molecular complexity index is 1640. The molecule has 0 aliphatic heterocycles. The molecule has 0 N–H and O–H groups in total. The van der Waals surface area contributed by atoms with Crippen LogP contribution in [0.15, 0.2) is 84.7 Å². The molecule has 0 unspecified atom stereocenters. The van der Waals surface area contributed by atoms with E-state index in [1.165, 1.54) is 17.7 Å². The number of benzene rings is 2. The summed E-state index contributed by atoms with van der Waals surface area (Å²) in [5, 5.41) is 1.67. The Labute approximate surface area is 208 Å². The van der Waals surface area contributed by atoms with Gasteiger partial charge in [0.05, 0.1) is 19.8 Å². The number of rotatable bonds is 5. The summed E-state index contributed by atoms with van der Waals surface area (Å²) < 4.78 is 22.3. The van der Waals surface area contributed by atoms with Crippen LogP contribution in [-0.4, -0.2) is 14.2 Å². The Morgan fingerprint density at radius 1 is 0.917 bits per heavy atom. The van der Waals surface area contributed by atoms with Crippen LogP contribution >= 0.6 is 0 Å². The molecule has 0 radical (unpaired) electrons. The van der Waals surface area contributed by atoms with E-state index in [9.17, 15) is 9.59 Å². The molecule has 36 heavy (non-hydrogen) atoms. The molecule has 0 amide bonds. The van der Waals surface area contributed by atoms with Gasteiger partial charge in [0.1, 0.15) is 22.7 Å². The van der Waals surface area contributed by atoms with Crippen molar-refractivity contribution in [2.45, 2.75) is 32.6 Å². The summed E-state index contributed by atoms with van der Waals surface area (Å²) in [4.78, 5) is 23.7. The number of hydrogen-bond acceptors (Lipinski definition) is 6. The predicted octanol–water partition coefficient (Wildman–Crippen LogP) is 6.46. The van der Waals surface area contributed by atoms with Gasteiger partial charge in [-0.25, -0.2) is 9.59 Å². The minimum absolute atomic E-state index is 0.00163.